The summed E-state index contributed by atoms with van der Waals surface area (Å²) in [5.41, 5.74) is 0.844. The van der Waals surface area contributed by atoms with Crippen LogP contribution in [0.2, 0.25) is 0 Å². The van der Waals surface area contributed by atoms with Crippen molar-refractivity contribution in [2.24, 2.45) is 0 Å². The van der Waals surface area contributed by atoms with Crippen LogP contribution in [0.4, 0.5) is 5.69 Å². The van der Waals surface area contributed by atoms with E-state index in [1.54, 1.807) is 30.3 Å². The molecule has 1 aromatic heterocycles. The summed E-state index contributed by atoms with van der Waals surface area (Å²) < 4.78 is 5.32. The molecule has 1 atom stereocenters. The zero-order chi connectivity index (χ0) is 20.4. The molecule has 0 bridgehead atoms. The van der Waals surface area contributed by atoms with Crippen molar-refractivity contribution in [2.75, 3.05) is 5.32 Å². The second kappa shape index (κ2) is 7.59. The van der Waals surface area contributed by atoms with Crippen molar-refractivity contribution < 1.29 is 14.3 Å². The van der Waals surface area contributed by atoms with E-state index in [0.29, 0.717) is 16.6 Å². The van der Waals surface area contributed by atoms with Crippen molar-refractivity contribution >= 4 is 39.2 Å². The molecule has 1 amide bonds. The molecule has 0 spiro atoms. The minimum atomic E-state index is -1.04. The molecule has 4 aromatic rings. The molecule has 1 heterocycles. The van der Waals surface area contributed by atoms with Crippen molar-refractivity contribution in [3.8, 4) is 0 Å². The molecule has 2 N–H and O–H groups in total. The van der Waals surface area contributed by atoms with Gasteiger partial charge in [-0.05, 0) is 35.9 Å². The summed E-state index contributed by atoms with van der Waals surface area (Å²) in [5, 5.41) is 5.36. The Morgan fingerprint density at radius 1 is 0.931 bits per heavy atom. The molecular weight excluding hydrogens is 368 g/mol. The Morgan fingerprint density at radius 3 is 2.48 bits per heavy atom. The summed E-state index contributed by atoms with van der Waals surface area (Å²) >= 11 is 0. The van der Waals surface area contributed by atoms with Gasteiger partial charge >= 0.3 is 5.97 Å². The lowest BCUT2D eigenvalue weighted by molar-refractivity contribution is -0.123. The van der Waals surface area contributed by atoms with Crippen LogP contribution in [-0.2, 0) is 9.53 Å². The monoisotopic (exact) mass is 386 g/mol. The Labute approximate surface area is 166 Å². The van der Waals surface area contributed by atoms with Gasteiger partial charge in [0, 0.05) is 22.7 Å². The summed E-state index contributed by atoms with van der Waals surface area (Å²) in [6.07, 6.45) is -1.04. The number of ether oxygens (including phenoxy) is 1. The van der Waals surface area contributed by atoms with Gasteiger partial charge in [0.1, 0.15) is 0 Å². The molecule has 0 radical (unpaired) electrons. The van der Waals surface area contributed by atoms with Gasteiger partial charge in [0.05, 0.1) is 5.56 Å². The Morgan fingerprint density at radius 2 is 1.66 bits per heavy atom. The van der Waals surface area contributed by atoms with E-state index < -0.39 is 23.5 Å². The number of benzene rings is 3. The number of pyridine rings is 1. The number of aromatic amines is 1. The van der Waals surface area contributed by atoms with Crippen LogP contribution in [0, 0.1) is 0 Å². The Bertz CT molecular complexity index is 1290. The van der Waals surface area contributed by atoms with E-state index in [1.807, 2.05) is 36.4 Å². The number of H-pyrrole nitrogens is 1. The van der Waals surface area contributed by atoms with Crippen LogP contribution in [-0.4, -0.2) is 23.0 Å². The second-order valence-corrected chi connectivity index (χ2v) is 6.69. The molecule has 0 aliphatic rings. The lowest BCUT2D eigenvalue weighted by atomic mass is 10.1. The van der Waals surface area contributed by atoms with Crippen molar-refractivity contribution in [2.45, 2.75) is 13.0 Å². The second-order valence-electron chi connectivity index (χ2n) is 6.69. The molecule has 6 nitrogen and oxygen atoms in total. The molecule has 0 fully saturated rings. The summed E-state index contributed by atoms with van der Waals surface area (Å²) in [6.45, 7) is 1.49. The first kappa shape index (κ1) is 18.4. The largest absolute Gasteiger partial charge is 0.449 e. The van der Waals surface area contributed by atoms with E-state index in [1.165, 1.54) is 13.0 Å². The van der Waals surface area contributed by atoms with E-state index in [2.05, 4.69) is 10.3 Å². The van der Waals surface area contributed by atoms with E-state index in [-0.39, 0.29) is 5.56 Å². The van der Waals surface area contributed by atoms with Crippen LogP contribution in [0.5, 0.6) is 0 Å². The fraction of sp³-hybridized carbons (Fsp3) is 0.0870. The molecule has 0 saturated carbocycles. The summed E-state index contributed by atoms with van der Waals surface area (Å²) in [5.74, 6) is -1.18. The number of carbonyl (C=O) groups is 2. The molecule has 0 unspecified atom stereocenters. The number of aromatic nitrogens is 1. The van der Waals surface area contributed by atoms with Crippen molar-refractivity contribution in [1.29, 1.82) is 0 Å². The number of rotatable bonds is 4. The first-order valence-electron chi connectivity index (χ1n) is 9.14. The topological polar surface area (TPSA) is 88.3 Å². The predicted molar refractivity (Wildman–Crippen MR) is 112 cm³/mol. The molecular formula is C23H18N2O4. The maximum atomic E-state index is 12.6. The first-order valence-corrected chi connectivity index (χ1v) is 9.14. The van der Waals surface area contributed by atoms with E-state index in [0.717, 1.165) is 10.8 Å². The molecule has 0 aliphatic carbocycles. The molecule has 6 heteroatoms. The van der Waals surface area contributed by atoms with Crippen LogP contribution in [0.25, 0.3) is 21.7 Å². The fourth-order valence-corrected chi connectivity index (χ4v) is 3.16. The minimum Gasteiger partial charge on any atom is -0.449 e. The Balaban J connectivity index is 1.51. The lowest BCUT2D eigenvalue weighted by Gasteiger charge is -2.14. The summed E-state index contributed by atoms with van der Waals surface area (Å²) in [7, 11) is 0. The van der Waals surface area contributed by atoms with Gasteiger partial charge < -0.3 is 15.0 Å². The Hall–Kier alpha value is -3.93. The standard InChI is InChI=1S/C23H18N2O4/c1-14(22(27)24-17-11-10-15-6-2-3-7-16(15)12-17)29-23(28)19-13-21(26)25-20-9-5-4-8-18(19)20/h2-14H,1H3,(H,24,27)(H,25,26)/t14-/m1/s1. The smallest absolute Gasteiger partial charge is 0.339 e. The lowest BCUT2D eigenvalue weighted by Crippen LogP contribution is -2.30. The maximum absolute atomic E-state index is 12.6. The first-order chi connectivity index (χ1) is 14.0. The van der Waals surface area contributed by atoms with Gasteiger partial charge in [0.15, 0.2) is 6.10 Å². The number of amides is 1. The molecule has 29 heavy (non-hydrogen) atoms. The van der Waals surface area contributed by atoms with Gasteiger partial charge in [-0.15, -0.1) is 0 Å². The normalized spacial score (nSPS) is 11.9. The van der Waals surface area contributed by atoms with Gasteiger partial charge in [-0.3, -0.25) is 9.59 Å². The zero-order valence-electron chi connectivity index (χ0n) is 15.6. The quantitative estimate of drug-likeness (QED) is 0.521. The average molecular weight is 386 g/mol. The average Bonchev–Trinajstić information content (AvgIpc) is 2.72. The van der Waals surface area contributed by atoms with Gasteiger partial charge in [0.2, 0.25) is 5.56 Å². The van der Waals surface area contributed by atoms with Crippen molar-refractivity contribution in [1.82, 2.24) is 4.98 Å². The van der Waals surface area contributed by atoms with Crippen molar-refractivity contribution in [3.63, 3.8) is 0 Å². The van der Waals surface area contributed by atoms with Gasteiger partial charge in [-0.2, -0.15) is 0 Å². The number of hydrogen-bond donors (Lipinski definition) is 2. The molecule has 3 aromatic carbocycles. The third-order valence-corrected chi connectivity index (χ3v) is 4.64. The number of carbonyl (C=O) groups excluding carboxylic acids is 2. The number of nitrogens with one attached hydrogen (secondary N) is 2. The number of para-hydroxylation sites is 1. The highest BCUT2D eigenvalue weighted by atomic mass is 16.5. The highest BCUT2D eigenvalue weighted by Crippen LogP contribution is 2.20. The molecule has 4 rings (SSSR count). The maximum Gasteiger partial charge on any atom is 0.339 e. The predicted octanol–water partition coefficient (Wildman–Crippen LogP) is 3.87. The van der Waals surface area contributed by atoms with E-state index in [9.17, 15) is 14.4 Å². The number of fused-ring (bicyclic) bond motifs is 2. The molecule has 0 aliphatic heterocycles. The molecule has 144 valence electrons. The summed E-state index contributed by atoms with van der Waals surface area (Å²) in [6, 6.07) is 21.5. The van der Waals surface area contributed by atoms with E-state index in [4.69, 9.17) is 4.74 Å². The van der Waals surface area contributed by atoms with Gasteiger partial charge in [-0.25, -0.2) is 4.79 Å². The number of hydrogen-bond acceptors (Lipinski definition) is 4. The summed E-state index contributed by atoms with van der Waals surface area (Å²) in [4.78, 5) is 39.6. The fourth-order valence-electron chi connectivity index (χ4n) is 3.16. The van der Waals surface area contributed by atoms with Crippen LogP contribution >= 0.6 is 0 Å². The SMILES string of the molecule is C[C@@H](OC(=O)c1cc(=O)[nH]c2ccccc12)C(=O)Nc1ccc2ccccc2c1. The van der Waals surface area contributed by atoms with Crippen LogP contribution in [0.3, 0.4) is 0 Å². The highest BCUT2D eigenvalue weighted by molar-refractivity contribution is 6.05. The third-order valence-electron chi connectivity index (χ3n) is 4.64. The van der Waals surface area contributed by atoms with E-state index >= 15 is 0 Å². The number of anilines is 1. The zero-order valence-corrected chi connectivity index (χ0v) is 15.6. The number of esters is 1. The Kier molecular flexibility index (Phi) is 4.83. The molecule has 0 saturated heterocycles. The van der Waals surface area contributed by atoms with Crippen LogP contribution in [0.1, 0.15) is 17.3 Å². The third kappa shape index (κ3) is 3.87. The van der Waals surface area contributed by atoms with Gasteiger partial charge in [-0.1, -0.05) is 48.5 Å². The van der Waals surface area contributed by atoms with Crippen LogP contribution < -0.4 is 10.9 Å². The highest BCUT2D eigenvalue weighted by Gasteiger charge is 2.21. The van der Waals surface area contributed by atoms with Crippen molar-refractivity contribution in [3.05, 3.63) is 88.7 Å². The minimum absolute atomic E-state index is 0.120. The van der Waals surface area contributed by atoms with Gasteiger partial charge in [0.25, 0.3) is 5.91 Å². The van der Waals surface area contributed by atoms with Crippen LogP contribution in [0.15, 0.2) is 77.6 Å².